The third-order valence-electron chi connectivity index (χ3n) is 7.93. The minimum absolute atomic E-state index is 0.0196. The lowest BCUT2D eigenvalue weighted by atomic mass is 9.82. The van der Waals surface area contributed by atoms with Gasteiger partial charge in [-0.15, -0.1) is 5.10 Å². The molecule has 46 heavy (non-hydrogen) atoms. The van der Waals surface area contributed by atoms with E-state index in [1.807, 2.05) is 6.08 Å². The van der Waals surface area contributed by atoms with E-state index in [0.717, 1.165) is 5.56 Å². The molecule has 238 valence electrons. The van der Waals surface area contributed by atoms with Gasteiger partial charge in [-0.1, -0.05) is 36.4 Å². The fourth-order valence-electron chi connectivity index (χ4n) is 5.35. The van der Waals surface area contributed by atoms with Crippen LogP contribution in [-0.2, 0) is 29.9 Å². The highest BCUT2D eigenvalue weighted by molar-refractivity contribution is 6.07. The quantitative estimate of drug-likeness (QED) is 0.113. The van der Waals surface area contributed by atoms with Crippen LogP contribution in [-0.4, -0.2) is 55.7 Å². The van der Waals surface area contributed by atoms with Gasteiger partial charge in [0.1, 0.15) is 5.75 Å². The lowest BCUT2D eigenvalue weighted by molar-refractivity contribution is -0.385. The van der Waals surface area contributed by atoms with Crippen LogP contribution in [0.1, 0.15) is 40.5 Å². The molecule has 3 aromatic carbocycles. The third-order valence-corrected chi connectivity index (χ3v) is 7.93. The number of carbonyl (C=O) groups excluding carboxylic acids is 2. The number of hydrogen-bond acceptors (Lipinski definition) is 9. The van der Waals surface area contributed by atoms with E-state index in [4.69, 9.17) is 9.84 Å². The van der Waals surface area contributed by atoms with Crippen LogP contribution in [0.15, 0.2) is 85.1 Å². The van der Waals surface area contributed by atoms with Gasteiger partial charge >= 0.3 is 0 Å². The van der Waals surface area contributed by atoms with E-state index in [-0.39, 0.29) is 30.3 Å². The first kappa shape index (κ1) is 32.0. The summed E-state index contributed by atoms with van der Waals surface area (Å²) in [6.07, 6.45) is 6.23. The number of aliphatic hydroxyl groups is 2. The first-order chi connectivity index (χ1) is 22.1. The van der Waals surface area contributed by atoms with Crippen molar-refractivity contribution in [1.29, 1.82) is 0 Å². The molecule has 3 N–H and O–H groups in total. The van der Waals surface area contributed by atoms with Crippen LogP contribution < -0.4 is 15.0 Å². The molecule has 0 saturated heterocycles. The van der Waals surface area contributed by atoms with Gasteiger partial charge in [0.25, 0.3) is 17.5 Å². The summed E-state index contributed by atoms with van der Waals surface area (Å²) < 4.78 is 6.78. The Hall–Kier alpha value is -5.40. The highest BCUT2D eigenvalue weighted by Crippen LogP contribution is 2.47. The fraction of sp³-hybridized carbons (Fsp3) is 0.273. The van der Waals surface area contributed by atoms with Crippen LogP contribution in [0, 0.1) is 16.0 Å². The van der Waals surface area contributed by atoms with Crippen molar-refractivity contribution in [2.24, 2.45) is 5.92 Å². The Morgan fingerprint density at radius 3 is 2.57 bits per heavy atom. The average Bonchev–Trinajstić information content (AvgIpc) is 3.60. The molecule has 0 unspecified atom stereocenters. The zero-order valence-corrected chi connectivity index (χ0v) is 25.4. The number of ether oxygens (including phenoxy) is 1. The summed E-state index contributed by atoms with van der Waals surface area (Å²) in [5.41, 5.74) is 0.700. The Bertz CT molecular complexity index is 1750. The molecule has 13 heteroatoms. The molecule has 0 spiro atoms. The Kier molecular flexibility index (Phi) is 9.54. The molecule has 0 saturated carbocycles. The minimum Gasteiger partial charge on any atom is -0.497 e. The molecule has 5 rings (SSSR count). The topological polar surface area (TPSA) is 173 Å². The summed E-state index contributed by atoms with van der Waals surface area (Å²) in [4.78, 5) is 39.0. The molecular weight excluding hydrogens is 592 g/mol. The average molecular weight is 627 g/mol. The molecule has 2 heterocycles. The van der Waals surface area contributed by atoms with Crippen LogP contribution in [0.2, 0.25) is 0 Å². The fourth-order valence-corrected chi connectivity index (χ4v) is 5.35. The Balaban J connectivity index is 1.31. The van der Waals surface area contributed by atoms with Gasteiger partial charge in [0.2, 0.25) is 0 Å². The second-order valence-corrected chi connectivity index (χ2v) is 10.9. The van der Waals surface area contributed by atoms with Crippen LogP contribution in [0.5, 0.6) is 5.75 Å². The summed E-state index contributed by atoms with van der Waals surface area (Å²) in [6, 6.07) is 17.7. The summed E-state index contributed by atoms with van der Waals surface area (Å²) in [5.74, 6) is -0.965. The van der Waals surface area contributed by atoms with Gasteiger partial charge < -0.3 is 25.2 Å². The monoisotopic (exact) mass is 626 g/mol. The number of allylic oxidation sites excluding steroid dienone is 1. The molecule has 0 bridgehead atoms. The number of benzene rings is 3. The molecule has 13 nitrogen and oxygen atoms in total. The summed E-state index contributed by atoms with van der Waals surface area (Å²) >= 11 is 0. The van der Waals surface area contributed by atoms with Gasteiger partial charge in [0, 0.05) is 60.6 Å². The number of fused-ring (bicyclic) bond motifs is 1. The predicted octanol–water partition coefficient (Wildman–Crippen LogP) is 4.00. The summed E-state index contributed by atoms with van der Waals surface area (Å²) in [6.45, 7) is 2.26. The van der Waals surface area contributed by atoms with Gasteiger partial charge in [-0.25, -0.2) is 0 Å². The van der Waals surface area contributed by atoms with E-state index in [2.05, 4.69) is 15.6 Å². The molecule has 0 radical (unpaired) electrons. The van der Waals surface area contributed by atoms with E-state index in [1.54, 1.807) is 79.5 Å². The Morgan fingerprint density at radius 2 is 1.89 bits per heavy atom. The number of aryl methyl sites for hydroxylation is 1. The van der Waals surface area contributed by atoms with Gasteiger partial charge in [-0.05, 0) is 54.4 Å². The molecule has 0 fully saturated rings. The van der Waals surface area contributed by atoms with Gasteiger partial charge in [0.15, 0.2) is 5.60 Å². The van der Waals surface area contributed by atoms with Crippen molar-refractivity contribution in [3.63, 3.8) is 0 Å². The van der Waals surface area contributed by atoms with E-state index in [9.17, 15) is 24.8 Å². The number of anilines is 2. The first-order valence-corrected chi connectivity index (χ1v) is 14.7. The highest BCUT2D eigenvalue weighted by atomic mass is 16.6. The first-order valence-electron chi connectivity index (χ1n) is 14.7. The zero-order valence-electron chi connectivity index (χ0n) is 25.4. The normalized spacial score (nSPS) is 16.4. The van der Waals surface area contributed by atoms with Crippen LogP contribution in [0.3, 0.4) is 0 Å². The smallest absolute Gasteiger partial charge is 0.269 e. The highest BCUT2D eigenvalue weighted by Gasteiger charge is 2.53. The number of amides is 2. The lowest BCUT2D eigenvalue weighted by Crippen LogP contribution is -2.44. The number of methoxy groups -OCH3 is 1. The second-order valence-electron chi connectivity index (χ2n) is 10.9. The molecule has 1 aliphatic heterocycles. The largest absolute Gasteiger partial charge is 0.497 e. The number of nitro groups is 1. The van der Waals surface area contributed by atoms with Gasteiger partial charge in [-0.2, -0.15) is 0 Å². The van der Waals surface area contributed by atoms with Crippen molar-refractivity contribution < 1.29 is 29.5 Å². The molecule has 2 amide bonds. The number of nitrogens with one attached hydrogen (secondary N) is 1. The Labute approximate surface area is 264 Å². The molecular formula is C33H34N6O7. The predicted molar refractivity (Wildman–Crippen MR) is 169 cm³/mol. The third kappa shape index (κ3) is 6.65. The van der Waals surface area contributed by atoms with Crippen LogP contribution in [0.25, 0.3) is 0 Å². The van der Waals surface area contributed by atoms with E-state index >= 15 is 0 Å². The number of rotatable bonds is 13. The Morgan fingerprint density at radius 1 is 1.15 bits per heavy atom. The van der Waals surface area contributed by atoms with Gasteiger partial charge in [0.05, 0.1) is 30.0 Å². The molecule has 1 aromatic heterocycles. The number of aromatic nitrogens is 3. The van der Waals surface area contributed by atoms with Crippen LogP contribution >= 0.6 is 0 Å². The van der Waals surface area contributed by atoms with Crippen molar-refractivity contribution in [1.82, 2.24) is 15.0 Å². The van der Waals surface area contributed by atoms with Crippen molar-refractivity contribution in [2.45, 2.75) is 38.5 Å². The molecule has 0 aliphatic carbocycles. The lowest BCUT2D eigenvalue weighted by Gasteiger charge is -2.27. The second kappa shape index (κ2) is 13.7. The number of hydrogen-bond donors (Lipinski definition) is 3. The number of nitro benzene ring substituents is 1. The number of non-ortho nitro benzene ring substituents is 1. The minimum atomic E-state index is -2.04. The number of nitrogens with zero attached hydrogens (tertiary/aromatic N) is 5. The van der Waals surface area contributed by atoms with E-state index in [1.165, 1.54) is 23.1 Å². The van der Waals surface area contributed by atoms with Crippen molar-refractivity contribution >= 4 is 28.9 Å². The maximum atomic E-state index is 13.9. The maximum Gasteiger partial charge on any atom is 0.269 e. The van der Waals surface area contributed by atoms with E-state index < -0.39 is 22.3 Å². The van der Waals surface area contributed by atoms with Crippen LogP contribution in [0.4, 0.5) is 17.1 Å². The SMILES string of the molecule is COc1ccc(C(=O)Nc2ccc(CN3C(=O)[C@@](O)([C@@H](C)/C=C/CCn4cc(CCO)nn4)c4cc([N+](=O)[O-])ccc43)cc2)cc1. The number of aliphatic hydroxyl groups excluding tert-OH is 1. The van der Waals surface area contributed by atoms with Crippen molar-refractivity contribution in [3.8, 4) is 5.75 Å². The summed E-state index contributed by atoms with van der Waals surface area (Å²) in [5, 5.41) is 43.4. The molecule has 1 aliphatic rings. The molecule has 4 aromatic rings. The van der Waals surface area contributed by atoms with Crippen molar-refractivity contribution in [2.75, 3.05) is 23.9 Å². The zero-order chi connectivity index (χ0) is 32.8. The van der Waals surface area contributed by atoms with Gasteiger partial charge in [-0.3, -0.25) is 24.4 Å². The standard InChI is InChI=1S/C33H34N6O7/c1-22(5-3-4-17-37-21-26(16-18-40)35-36-37)33(43)29-19-27(39(44)45)12-15-30(29)38(32(33)42)20-23-6-10-25(11-7-23)34-31(41)24-8-13-28(46-2)14-9-24/h3,5-15,19,21-22,40,43H,4,16-18,20H2,1-2H3,(H,34,41)/b5-3+/t22-,33+/m0/s1. The maximum absolute atomic E-state index is 13.9. The summed E-state index contributed by atoms with van der Waals surface area (Å²) in [7, 11) is 1.55. The number of carbonyl (C=O) groups is 2. The van der Waals surface area contributed by atoms with E-state index in [0.29, 0.717) is 47.8 Å². The molecule has 2 atom stereocenters. The van der Waals surface area contributed by atoms with Crippen molar-refractivity contribution in [3.05, 3.63) is 118 Å².